The average Bonchev–Trinajstić information content (AvgIpc) is 2.69. The summed E-state index contributed by atoms with van der Waals surface area (Å²) in [6.07, 6.45) is 4.58. The molecule has 0 aromatic carbocycles. The smallest absolute Gasteiger partial charge is 0.185 e. The van der Waals surface area contributed by atoms with E-state index in [2.05, 4.69) is 11.9 Å². The molecular weight excluding hydrogens is 194 g/mol. The molecule has 2 unspecified atom stereocenters. The highest BCUT2D eigenvalue weighted by Gasteiger charge is 2.26. The lowest BCUT2D eigenvalue weighted by atomic mass is 9.80. The van der Waals surface area contributed by atoms with Crippen LogP contribution in [0.4, 0.5) is 0 Å². The first-order valence-electron chi connectivity index (χ1n) is 5.20. The predicted molar refractivity (Wildman–Crippen MR) is 57.6 cm³/mol. The first-order valence-corrected chi connectivity index (χ1v) is 6.14. The zero-order valence-corrected chi connectivity index (χ0v) is 9.22. The van der Waals surface area contributed by atoms with E-state index in [0.29, 0.717) is 11.6 Å². The molecule has 0 saturated heterocycles. The molecule has 0 spiro atoms. The number of nitrogens with zero attached hydrogens (tertiary/aromatic N) is 1. The summed E-state index contributed by atoms with van der Waals surface area (Å²) >= 11 is 1.50. The Bertz CT molecular complexity index is 307. The molecule has 1 aromatic rings. The number of ketones is 1. The Kier molecular flexibility index (Phi) is 2.96. The van der Waals surface area contributed by atoms with E-state index >= 15 is 0 Å². The highest BCUT2D eigenvalue weighted by atomic mass is 32.1. The van der Waals surface area contributed by atoms with Crippen molar-refractivity contribution in [2.45, 2.75) is 32.6 Å². The first-order chi connectivity index (χ1) is 6.77. The standard InChI is InChI=1S/C11H15NOS/c1-8-3-2-4-9(5-8)11(13)10-6-14-7-12-10/h6-9H,2-5H2,1H3. The lowest BCUT2D eigenvalue weighted by molar-refractivity contribution is 0.0864. The van der Waals surface area contributed by atoms with Crippen LogP contribution in [-0.2, 0) is 0 Å². The van der Waals surface area contributed by atoms with Gasteiger partial charge in [-0.25, -0.2) is 4.98 Å². The number of aromatic nitrogens is 1. The maximum absolute atomic E-state index is 12.0. The fourth-order valence-corrected chi connectivity index (χ4v) is 2.76. The molecule has 2 nitrogen and oxygen atoms in total. The van der Waals surface area contributed by atoms with E-state index in [4.69, 9.17) is 0 Å². The minimum absolute atomic E-state index is 0.237. The van der Waals surface area contributed by atoms with Crippen LogP contribution in [0.5, 0.6) is 0 Å². The summed E-state index contributed by atoms with van der Waals surface area (Å²) in [6.45, 7) is 2.24. The Labute approximate surface area is 88.4 Å². The molecule has 3 heteroatoms. The fraction of sp³-hybridized carbons (Fsp3) is 0.636. The Morgan fingerprint density at radius 2 is 2.43 bits per heavy atom. The zero-order chi connectivity index (χ0) is 9.97. The van der Waals surface area contributed by atoms with Gasteiger partial charge in [-0.15, -0.1) is 11.3 Å². The molecule has 76 valence electrons. The molecule has 0 radical (unpaired) electrons. The van der Waals surface area contributed by atoms with Crippen LogP contribution in [0, 0.1) is 11.8 Å². The lowest BCUT2D eigenvalue weighted by Gasteiger charge is -2.24. The van der Waals surface area contributed by atoms with Crippen molar-refractivity contribution in [1.29, 1.82) is 0 Å². The van der Waals surface area contributed by atoms with Gasteiger partial charge < -0.3 is 0 Å². The van der Waals surface area contributed by atoms with Gasteiger partial charge in [0.1, 0.15) is 5.69 Å². The third-order valence-electron chi connectivity index (χ3n) is 2.99. The number of rotatable bonds is 2. The van der Waals surface area contributed by atoms with E-state index in [-0.39, 0.29) is 11.7 Å². The summed E-state index contributed by atoms with van der Waals surface area (Å²) in [7, 11) is 0. The van der Waals surface area contributed by atoms with Crippen LogP contribution in [0.25, 0.3) is 0 Å². The SMILES string of the molecule is CC1CCCC(C(=O)c2cscn2)C1. The molecule has 1 saturated carbocycles. The van der Waals surface area contributed by atoms with Crippen LogP contribution in [0.15, 0.2) is 10.9 Å². The Morgan fingerprint density at radius 3 is 3.07 bits per heavy atom. The van der Waals surface area contributed by atoms with Crippen molar-refractivity contribution in [1.82, 2.24) is 4.98 Å². The van der Waals surface area contributed by atoms with E-state index in [9.17, 15) is 4.79 Å². The molecule has 0 N–H and O–H groups in total. The molecule has 1 fully saturated rings. The molecular formula is C11H15NOS. The van der Waals surface area contributed by atoms with Gasteiger partial charge in [-0.3, -0.25) is 4.79 Å². The van der Waals surface area contributed by atoms with Crippen molar-refractivity contribution in [2.75, 3.05) is 0 Å². The maximum atomic E-state index is 12.0. The molecule has 1 aliphatic carbocycles. The van der Waals surface area contributed by atoms with E-state index in [1.165, 1.54) is 24.2 Å². The largest absolute Gasteiger partial charge is 0.292 e. The molecule has 0 amide bonds. The van der Waals surface area contributed by atoms with Crippen LogP contribution in [-0.4, -0.2) is 10.8 Å². The topological polar surface area (TPSA) is 30.0 Å². The van der Waals surface area contributed by atoms with Crippen LogP contribution in [0.1, 0.15) is 43.1 Å². The molecule has 0 aliphatic heterocycles. The van der Waals surface area contributed by atoms with Crippen molar-refractivity contribution in [2.24, 2.45) is 11.8 Å². The average molecular weight is 209 g/mol. The minimum atomic E-state index is 0.237. The van der Waals surface area contributed by atoms with Gasteiger partial charge in [0.25, 0.3) is 0 Å². The highest BCUT2D eigenvalue weighted by Crippen LogP contribution is 2.30. The van der Waals surface area contributed by atoms with E-state index in [1.54, 1.807) is 5.51 Å². The summed E-state index contributed by atoms with van der Waals surface area (Å²) in [5.41, 5.74) is 2.41. The van der Waals surface area contributed by atoms with Crippen LogP contribution in [0.2, 0.25) is 0 Å². The normalized spacial score (nSPS) is 27.5. The fourth-order valence-electron chi connectivity index (χ4n) is 2.22. The summed E-state index contributed by atoms with van der Waals surface area (Å²) in [6, 6.07) is 0. The second-order valence-electron chi connectivity index (χ2n) is 4.21. The second-order valence-corrected chi connectivity index (χ2v) is 4.93. The third-order valence-corrected chi connectivity index (χ3v) is 3.58. The predicted octanol–water partition coefficient (Wildman–Crippen LogP) is 3.15. The summed E-state index contributed by atoms with van der Waals surface area (Å²) in [5, 5.41) is 1.86. The van der Waals surface area contributed by atoms with Gasteiger partial charge in [-0.1, -0.05) is 19.8 Å². The molecule has 14 heavy (non-hydrogen) atoms. The maximum Gasteiger partial charge on any atom is 0.185 e. The number of thiazole rings is 1. The van der Waals surface area contributed by atoms with Crippen molar-refractivity contribution >= 4 is 17.1 Å². The Hall–Kier alpha value is -0.700. The number of hydrogen-bond acceptors (Lipinski definition) is 3. The van der Waals surface area contributed by atoms with Crippen LogP contribution >= 0.6 is 11.3 Å². The van der Waals surface area contributed by atoms with Gasteiger partial charge in [0.2, 0.25) is 0 Å². The van der Waals surface area contributed by atoms with Gasteiger partial charge in [0, 0.05) is 11.3 Å². The number of carbonyl (C=O) groups is 1. The van der Waals surface area contributed by atoms with Crippen molar-refractivity contribution in [3.05, 3.63) is 16.6 Å². The van der Waals surface area contributed by atoms with Gasteiger partial charge in [-0.05, 0) is 18.8 Å². The highest BCUT2D eigenvalue weighted by molar-refractivity contribution is 7.07. The molecule has 1 heterocycles. The number of Topliss-reactive ketones (excluding diaryl/α,β-unsaturated/α-hetero) is 1. The van der Waals surface area contributed by atoms with Crippen LogP contribution in [0.3, 0.4) is 0 Å². The molecule has 2 rings (SSSR count). The van der Waals surface area contributed by atoms with Crippen molar-refractivity contribution in [3.63, 3.8) is 0 Å². The van der Waals surface area contributed by atoms with Gasteiger partial charge in [0.05, 0.1) is 5.51 Å². The monoisotopic (exact) mass is 209 g/mol. The van der Waals surface area contributed by atoms with E-state index < -0.39 is 0 Å². The number of carbonyl (C=O) groups excluding carboxylic acids is 1. The first kappa shape index (κ1) is 9.84. The van der Waals surface area contributed by atoms with E-state index in [0.717, 1.165) is 12.8 Å². The third kappa shape index (κ3) is 2.03. The molecule has 1 aliphatic rings. The van der Waals surface area contributed by atoms with E-state index in [1.807, 2.05) is 5.38 Å². The zero-order valence-electron chi connectivity index (χ0n) is 8.40. The lowest BCUT2D eigenvalue weighted by Crippen LogP contribution is -2.22. The van der Waals surface area contributed by atoms with Crippen LogP contribution < -0.4 is 0 Å². The molecule has 0 bridgehead atoms. The summed E-state index contributed by atoms with van der Waals surface area (Å²) in [4.78, 5) is 16.0. The molecule has 2 atom stereocenters. The molecule has 1 aromatic heterocycles. The second kappa shape index (κ2) is 4.22. The Balaban J connectivity index is 2.04. The van der Waals surface area contributed by atoms with Crippen molar-refractivity contribution < 1.29 is 4.79 Å². The number of hydrogen-bond donors (Lipinski definition) is 0. The summed E-state index contributed by atoms with van der Waals surface area (Å²) in [5.74, 6) is 1.20. The Morgan fingerprint density at radius 1 is 1.57 bits per heavy atom. The van der Waals surface area contributed by atoms with Gasteiger partial charge >= 0.3 is 0 Å². The minimum Gasteiger partial charge on any atom is -0.292 e. The quantitative estimate of drug-likeness (QED) is 0.700. The van der Waals surface area contributed by atoms with Crippen molar-refractivity contribution in [3.8, 4) is 0 Å². The van der Waals surface area contributed by atoms with Gasteiger partial charge in [-0.2, -0.15) is 0 Å². The van der Waals surface area contributed by atoms with Gasteiger partial charge in [0.15, 0.2) is 5.78 Å². The summed E-state index contributed by atoms with van der Waals surface area (Å²) < 4.78 is 0.